The molecule has 5 rings (SSSR count). The number of aliphatic hydroxyl groups is 2. The molecule has 0 saturated carbocycles. The van der Waals surface area contributed by atoms with Crippen LogP contribution in [0.4, 0.5) is 20.6 Å². The molecule has 3 fully saturated rings. The number of aromatic nitrogens is 3. The molecular formula is C26H37FN6O6. The van der Waals surface area contributed by atoms with Gasteiger partial charge in [0.15, 0.2) is 6.29 Å². The zero-order valence-corrected chi connectivity index (χ0v) is 22.4. The number of aliphatic hydroxyl groups excluding tert-OH is 2. The highest BCUT2D eigenvalue weighted by Gasteiger charge is 2.37. The molecule has 214 valence electrons. The number of nitrogens with zero attached hydrogens (tertiary/aromatic N) is 6. The lowest BCUT2D eigenvalue weighted by Gasteiger charge is -2.40. The van der Waals surface area contributed by atoms with Crippen LogP contribution < -0.4 is 9.80 Å². The number of amides is 1. The van der Waals surface area contributed by atoms with Gasteiger partial charge in [-0.25, -0.2) is 13.9 Å². The third-order valence-corrected chi connectivity index (χ3v) is 7.59. The van der Waals surface area contributed by atoms with Gasteiger partial charge in [0.25, 0.3) is 0 Å². The Morgan fingerprint density at radius 2 is 2.03 bits per heavy atom. The summed E-state index contributed by atoms with van der Waals surface area (Å²) in [6.45, 7) is 5.60. The fourth-order valence-electron chi connectivity index (χ4n) is 5.46. The summed E-state index contributed by atoms with van der Waals surface area (Å²) < 4.78 is 32.7. The van der Waals surface area contributed by atoms with Crippen LogP contribution in [-0.4, -0.2) is 113 Å². The van der Waals surface area contributed by atoms with Gasteiger partial charge in [0.1, 0.15) is 18.0 Å². The largest absolute Gasteiger partial charge is 0.442 e. The van der Waals surface area contributed by atoms with Crippen molar-refractivity contribution in [1.82, 2.24) is 19.9 Å². The smallest absolute Gasteiger partial charge is 0.414 e. The molecule has 5 atom stereocenters. The Morgan fingerprint density at radius 3 is 2.79 bits per heavy atom. The van der Waals surface area contributed by atoms with Gasteiger partial charge in [-0.1, -0.05) is 5.21 Å². The van der Waals surface area contributed by atoms with Gasteiger partial charge >= 0.3 is 6.09 Å². The van der Waals surface area contributed by atoms with E-state index in [1.165, 1.54) is 11.0 Å². The molecule has 2 N–H and O–H groups in total. The number of carbonyl (C=O) groups excluding carboxylic acids is 1. The predicted octanol–water partition coefficient (Wildman–Crippen LogP) is 1.00. The molecule has 5 unspecified atom stereocenters. The quantitative estimate of drug-likeness (QED) is 0.469. The van der Waals surface area contributed by atoms with Crippen LogP contribution >= 0.6 is 0 Å². The van der Waals surface area contributed by atoms with Gasteiger partial charge in [0.2, 0.25) is 0 Å². The highest BCUT2D eigenvalue weighted by Crippen LogP contribution is 2.29. The number of hydrogen-bond acceptors (Lipinski definition) is 10. The van der Waals surface area contributed by atoms with E-state index in [1.54, 1.807) is 16.8 Å². The Kier molecular flexibility index (Phi) is 8.62. The number of anilines is 2. The van der Waals surface area contributed by atoms with Gasteiger partial charge in [-0.15, -0.1) is 5.10 Å². The summed E-state index contributed by atoms with van der Waals surface area (Å²) in [4.78, 5) is 18.0. The van der Waals surface area contributed by atoms with Gasteiger partial charge in [0, 0.05) is 25.3 Å². The van der Waals surface area contributed by atoms with Gasteiger partial charge in [-0.3, -0.25) is 4.90 Å². The molecule has 0 spiro atoms. The number of aryl methyl sites for hydroxylation is 1. The summed E-state index contributed by atoms with van der Waals surface area (Å²) in [7, 11) is 1.93. The first-order valence-corrected chi connectivity index (χ1v) is 13.5. The minimum Gasteiger partial charge on any atom is -0.442 e. The van der Waals surface area contributed by atoms with E-state index in [1.807, 2.05) is 30.0 Å². The van der Waals surface area contributed by atoms with Crippen LogP contribution in [0.5, 0.6) is 0 Å². The molecule has 39 heavy (non-hydrogen) atoms. The van der Waals surface area contributed by atoms with Crippen molar-refractivity contribution in [3.8, 4) is 0 Å². The van der Waals surface area contributed by atoms with Crippen LogP contribution in [0.15, 0.2) is 24.4 Å². The Bertz CT molecular complexity index is 1130. The summed E-state index contributed by atoms with van der Waals surface area (Å²) in [5, 5.41) is 28.6. The summed E-state index contributed by atoms with van der Waals surface area (Å²) in [6, 6.07) is 4.63. The fraction of sp³-hybridized carbons (Fsp3) is 0.654. The SMILES string of the molecule is CC1CC(N(C)CCCc2cn(CC3CN(c4ccc(N5CCOCC5)c(F)c4)C(=O)O3)nn2)C(O)C(O)O1. The standard InChI is InChI=1S/C26H37FN6O6/c1-17-12-23(24(34)25(35)38-17)30(2)7-3-4-18-14-32(29-28-18)15-20-16-33(26(36)39-20)19-5-6-22(21(27)13-19)31-8-10-37-11-9-31/h5-6,13-14,17,20,23-25,34-35H,3-4,7-12,15-16H2,1-2H3. The van der Waals surface area contributed by atoms with Crippen molar-refractivity contribution in [3.63, 3.8) is 0 Å². The maximum atomic E-state index is 14.9. The van der Waals surface area contributed by atoms with E-state index in [2.05, 4.69) is 10.3 Å². The molecule has 1 aromatic heterocycles. The topological polar surface area (TPSA) is 126 Å². The number of hydrogen-bond donors (Lipinski definition) is 2. The van der Waals surface area contributed by atoms with E-state index < -0.39 is 24.6 Å². The summed E-state index contributed by atoms with van der Waals surface area (Å²) >= 11 is 0. The van der Waals surface area contributed by atoms with Gasteiger partial charge in [-0.2, -0.15) is 0 Å². The first-order valence-electron chi connectivity index (χ1n) is 13.5. The molecule has 3 aliphatic rings. The van der Waals surface area contributed by atoms with Crippen LogP contribution in [-0.2, 0) is 27.2 Å². The van der Waals surface area contributed by atoms with Crippen molar-refractivity contribution in [2.24, 2.45) is 0 Å². The first-order chi connectivity index (χ1) is 18.8. The van der Waals surface area contributed by atoms with Crippen LogP contribution in [0.25, 0.3) is 0 Å². The Labute approximate surface area is 226 Å². The maximum absolute atomic E-state index is 14.9. The van der Waals surface area contributed by atoms with Crippen LogP contribution in [0, 0.1) is 5.82 Å². The molecule has 4 heterocycles. The number of halogens is 1. The molecule has 0 bridgehead atoms. The van der Waals surface area contributed by atoms with Crippen molar-refractivity contribution in [1.29, 1.82) is 0 Å². The third-order valence-electron chi connectivity index (χ3n) is 7.59. The monoisotopic (exact) mass is 548 g/mol. The second kappa shape index (κ2) is 12.1. The molecule has 13 heteroatoms. The van der Waals surface area contributed by atoms with Crippen molar-refractivity contribution < 1.29 is 33.6 Å². The summed E-state index contributed by atoms with van der Waals surface area (Å²) in [5.74, 6) is -0.380. The summed E-state index contributed by atoms with van der Waals surface area (Å²) in [5.41, 5.74) is 1.77. The van der Waals surface area contributed by atoms with Crippen LogP contribution in [0.1, 0.15) is 25.5 Å². The molecule has 1 amide bonds. The molecule has 1 aromatic carbocycles. The van der Waals surface area contributed by atoms with E-state index in [-0.39, 0.29) is 24.5 Å². The van der Waals surface area contributed by atoms with E-state index >= 15 is 0 Å². The first kappa shape index (κ1) is 27.7. The van der Waals surface area contributed by atoms with E-state index in [4.69, 9.17) is 14.2 Å². The highest BCUT2D eigenvalue weighted by atomic mass is 19.1. The van der Waals surface area contributed by atoms with Crippen molar-refractivity contribution in [3.05, 3.63) is 35.9 Å². The zero-order chi connectivity index (χ0) is 27.5. The minimum absolute atomic E-state index is 0.121. The normalized spacial score (nSPS) is 27.8. The molecule has 3 saturated heterocycles. The average molecular weight is 549 g/mol. The Balaban J connectivity index is 1.10. The van der Waals surface area contributed by atoms with Gasteiger partial charge in [0.05, 0.1) is 49.5 Å². The van der Waals surface area contributed by atoms with Crippen molar-refractivity contribution >= 4 is 17.5 Å². The van der Waals surface area contributed by atoms with Crippen LogP contribution in [0.3, 0.4) is 0 Å². The highest BCUT2D eigenvalue weighted by molar-refractivity contribution is 5.90. The van der Waals surface area contributed by atoms with Gasteiger partial charge < -0.3 is 34.2 Å². The van der Waals surface area contributed by atoms with Crippen molar-refractivity contribution in [2.75, 3.05) is 56.2 Å². The number of morpholine rings is 1. The number of benzene rings is 1. The fourth-order valence-corrected chi connectivity index (χ4v) is 5.46. The second-order valence-electron chi connectivity index (χ2n) is 10.5. The van der Waals surface area contributed by atoms with E-state index in [0.29, 0.717) is 63.6 Å². The van der Waals surface area contributed by atoms with E-state index in [9.17, 15) is 19.4 Å². The predicted molar refractivity (Wildman–Crippen MR) is 139 cm³/mol. The number of cyclic esters (lactones) is 1. The lowest BCUT2D eigenvalue weighted by atomic mass is 9.98. The number of ether oxygens (including phenoxy) is 3. The molecule has 3 aliphatic heterocycles. The average Bonchev–Trinajstić information content (AvgIpc) is 3.52. The summed E-state index contributed by atoms with van der Waals surface area (Å²) in [6.07, 6.45) is 0.768. The molecule has 12 nitrogen and oxygen atoms in total. The third kappa shape index (κ3) is 6.49. The number of rotatable bonds is 9. The number of likely N-dealkylation sites (N-methyl/N-ethyl adjacent to an activating group) is 1. The zero-order valence-electron chi connectivity index (χ0n) is 22.4. The second-order valence-corrected chi connectivity index (χ2v) is 10.5. The molecule has 2 aromatic rings. The molecule has 0 aliphatic carbocycles. The number of carbonyl (C=O) groups is 1. The van der Waals surface area contributed by atoms with E-state index in [0.717, 1.165) is 12.1 Å². The molecular weight excluding hydrogens is 511 g/mol. The van der Waals surface area contributed by atoms with Gasteiger partial charge in [-0.05, 0) is 58.0 Å². The van der Waals surface area contributed by atoms with Crippen LogP contribution in [0.2, 0.25) is 0 Å². The maximum Gasteiger partial charge on any atom is 0.414 e. The Hall–Kier alpha value is -2.84. The lowest BCUT2D eigenvalue weighted by Crippen LogP contribution is -2.54. The molecule has 0 radical (unpaired) electrons. The Morgan fingerprint density at radius 1 is 1.23 bits per heavy atom. The minimum atomic E-state index is -1.17. The lowest BCUT2D eigenvalue weighted by molar-refractivity contribution is -0.231. The van der Waals surface area contributed by atoms with Crippen molar-refractivity contribution in [2.45, 2.75) is 63.4 Å².